The molecule has 0 saturated heterocycles. The molecule has 0 amide bonds. The maximum absolute atomic E-state index is 6.25. The molecule has 0 spiro atoms. The fraction of sp³-hybridized carbons (Fsp3) is 1.00. The van der Waals surface area contributed by atoms with Crippen LogP contribution in [-0.2, 0) is 0 Å². The molecule has 2 aliphatic rings. The van der Waals surface area contributed by atoms with E-state index in [4.69, 9.17) is 5.73 Å². The lowest BCUT2D eigenvalue weighted by molar-refractivity contribution is 0.233. The Morgan fingerprint density at radius 2 is 1.77 bits per heavy atom. The zero-order chi connectivity index (χ0) is 9.53. The highest BCUT2D eigenvalue weighted by atomic mass is 14.8. The van der Waals surface area contributed by atoms with Crippen molar-refractivity contribution in [3.05, 3.63) is 0 Å². The minimum Gasteiger partial charge on any atom is -0.325 e. The van der Waals surface area contributed by atoms with Crippen LogP contribution in [0.3, 0.4) is 0 Å². The quantitative estimate of drug-likeness (QED) is 0.711. The Kier molecular flexibility index (Phi) is 2.18. The van der Waals surface area contributed by atoms with Crippen LogP contribution < -0.4 is 5.73 Å². The molecule has 0 unspecified atom stereocenters. The Morgan fingerprint density at radius 3 is 2.15 bits per heavy atom. The summed E-state index contributed by atoms with van der Waals surface area (Å²) in [6.45, 7) is 4.43. The zero-order valence-corrected chi connectivity index (χ0v) is 9.10. The summed E-state index contributed by atoms with van der Waals surface area (Å²) in [7, 11) is 0. The van der Waals surface area contributed by atoms with E-state index >= 15 is 0 Å². The van der Waals surface area contributed by atoms with E-state index in [1.165, 1.54) is 44.9 Å². The summed E-state index contributed by atoms with van der Waals surface area (Å²) < 4.78 is 0. The fourth-order valence-corrected chi connectivity index (χ4v) is 3.03. The van der Waals surface area contributed by atoms with E-state index in [0.29, 0.717) is 5.41 Å². The molecule has 0 aromatic carbocycles. The third-order valence-electron chi connectivity index (χ3n) is 4.37. The highest BCUT2D eigenvalue weighted by Gasteiger charge is 2.52. The SMILES string of the molecule is CC(C)(N)C1(CC2CCCC2)CC1. The van der Waals surface area contributed by atoms with E-state index in [1.54, 1.807) is 0 Å². The zero-order valence-electron chi connectivity index (χ0n) is 9.10. The second-order valence-electron chi connectivity index (χ2n) is 5.86. The molecular weight excluding hydrogens is 158 g/mol. The lowest BCUT2D eigenvalue weighted by Gasteiger charge is -2.33. The van der Waals surface area contributed by atoms with E-state index in [2.05, 4.69) is 13.8 Å². The highest BCUT2D eigenvalue weighted by molar-refractivity contribution is 5.07. The van der Waals surface area contributed by atoms with Gasteiger partial charge in [0.1, 0.15) is 0 Å². The predicted octanol–water partition coefficient (Wildman–Crippen LogP) is 3.08. The van der Waals surface area contributed by atoms with Crippen LogP contribution in [0.5, 0.6) is 0 Å². The molecule has 0 heterocycles. The maximum Gasteiger partial charge on any atom is 0.0154 e. The first-order valence-corrected chi connectivity index (χ1v) is 5.82. The number of hydrogen-bond donors (Lipinski definition) is 1. The molecule has 0 radical (unpaired) electrons. The molecular formula is C12H23N. The van der Waals surface area contributed by atoms with Gasteiger partial charge in [0.25, 0.3) is 0 Å². The molecule has 0 aromatic rings. The van der Waals surface area contributed by atoms with Crippen LogP contribution in [0.25, 0.3) is 0 Å². The Labute approximate surface area is 82.1 Å². The fourth-order valence-electron chi connectivity index (χ4n) is 3.03. The average molecular weight is 181 g/mol. The van der Waals surface area contributed by atoms with Gasteiger partial charge >= 0.3 is 0 Å². The minimum atomic E-state index is 0.0651. The van der Waals surface area contributed by atoms with Gasteiger partial charge < -0.3 is 5.73 Å². The maximum atomic E-state index is 6.25. The molecule has 76 valence electrons. The van der Waals surface area contributed by atoms with Crippen LogP contribution in [-0.4, -0.2) is 5.54 Å². The van der Waals surface area contributed by atoms with Gasteiger partial charge in [-0.1, -0.05) is 25.7 Å². The molecule has 2 fully saturated rings. The van der Waals surface area contributed by atoms with Gasteiger partial charge in [-0.15, -0.1) is 0 Å². The van der Waals surface area contributed by atoms with Crippen molar-refractivity contribution in [3.8, 4) is 0 Å². The molecule has 2 N–H and O–H groups in total. The highest BCUT2D eigenvalue weighted by Crippen LogP contribution is 2.58. The lowest BCUT2D eigenvalue weighted by atomic mass is 9.78. The Hall–Kier alpha value is -0.0400. The normalized spacial score (nSPS) is 27.9. The first kappa shape index (κ1) is 9.51. The Morgan fingerprint density at radius 1 is 1.23 bits per heavy atom. The second-order valence-corrected chi connectivity index (χ2v) is 5.86. The van der Waals surface area contributed by atoms with Crippen molar-refractivity contribution in [2.24, 2.45) is 17.1 Å². The second kappa shape index (κ2) is 2.98. The standard InChI is InChI=1S/C12H23N/c1-11(2,13)12(7-8-12)9-10-5-3-4-6-10/h10H,3-9,13H2,1-2H3. The summed E-state index contributed by atoms with van der Waals surface area (Å²) in [6, 6.07) is 0. The van der Waals surface area contributed by atoms with Crippen LogP contribution >= 0.6 is 0 Å². The number of nitrogens with two attached hydrogens (primary N) is 1. The topological polar surface area (TPSA) is 26.0 Å². The number of rotatable bonds is 3. The molecule has 2 saturated carbocycles. The Balaban J connectivity index is 1.93. The van der Waals surface area contributed by atoms with Crippen molar-refractivity contribution < 1.29 is 0 Å². The van der Waals surface area contributed by atoms with Crippen molar-refractivity contribution in [2.45, 2.75) is 64.3 Å². The first-order chi connectivity index (χ1) is 6.04. The van der Waals surface area contributed by atoms with Gasteiger partial charge in [-0.2, -0.15) is 0 Å². The summed E-state index contributed by atoms with van der Waals surface area (Å²) in [5.41, 5.74) is 6.85. The molecule has 13 heavy (non-hydrogen) atoms. The summed E-state index contributed by atoms with van der Waals surface area (Å²) in [5, 5.41) is 0. The molecule has 1 heteroatoms. The smallest absolute Gasteiger partial charge is 0.0154 e. The minimum absolute atomic E-state index is 0.0651. The van der Waals surface area contributed by atoms with E-state index in [9.17, 15) is 0 Å². The number of hydrogen-bond acceptors (Lipinski definition) is 1. The lowest BCUT2D eigenvalue weighted by Crippen LogP contribution is -2.43. The van der Waals surface area contributed by atoms with E-state index in [1.807, 2.05) is 0 Å². The van der Waals surface area contributed by atoms with Crippen LogP contribution in [0, 0.1) is 11.3 Å². The van der Waals surface area contributed by atoms with Gasteiger partial charge in [-0.3, -0.25) is 0 Å². The van der Waals surface area contributed by atoms with E-state index < -0.39 is 0 Å². The van der Waals surface area contributed by atoms with Crippen LogP contribution in [0.4, 0.5) is 0 Å². The molecule has 0 atom stereocenters. The molecule has 2 rings (SSSR count). The van der Waals surface area contributed by atoms with Gasteiger partial charge in [-0.05, 0) is 44.4 Å². The van der Waals surface area contributed by atoms with Gasteiger partial charge in [0.15, 0.2) is 0 Å². The van der Waals surface area contributed by atoms with Crippen molar-refractivity contribution in [1.29, 1.82) is 0 Å². The summed E-state index contributed by atoms with van der Waals surface area (Å²) >= 11 is 0. The largest absolute Gasteiger partial charge is 0.325 e. The molecule has 1 nitrogen and oxygen atoms in total. The van der Waals surface area contributed by atoms with Crippen LogP contribution in [0.1, 0.15) is 58.8 Å². The average Bonchev–Trinajstić information content (AvgIpc) is 2.59. The van der Waals surface area contributed by atoms with Crippen molar-refractivity contribution >= 4 is 0 Å². The predicted molar refractivity (Wildman–Crippen MR) is 56.5 cm³/mol. The van der Waals surface area contributed by atoms with E-state index in [0.717, 1.165) is 5.92 Å². The molecule has 2 aliphatic carbocycles. The van der Waals surface area contributed by atoms with Crippen LogP contribution in [0.2, 0.25) is 0 Å². The van der Waals surface area contributed by atoms with Gasteiger partial charge in [0, 0.05) is 5.54 Å². The summed E-state index contributed by atoms with van der Waals surface area (Å²) in [6.07, 6.45) is 10.0. The Bertz CT molecular complexity index is 180. The molecule has 0 aliphatic heterocycles. The van der Waals surface area contributed by atoms with Crippen molar-refractivity contribution in [1.82, 2.24) is 0 Å². The third-order valence-corrected chi connectivity index (χ3v) is 4.37. The van der Waals surface area contributed by atoms with E-state index in [-0.39, 0.29) is 5.54 Å². The van der Waals surface area contributed by atoms with Crippen molar-refractivity contribution in [3.63, 3.8) is 0 Å². The van der Waals surface area contributed by atoms with Crippen LogP contribution in [0.15, 0.2) is 0 Å². The first-order valence-electron chi connectivity index (χ1n) is 5.82. The van der Waals surface area contributed by atoms with Gasteiger partial charge in [0.2, 0.25) is 0 Å². The van der Waals surface area contributed by atoms with Gasteiger partial charge in [0.05, 0.1) is 0 Å². The molecule has 0 aromatic heterocycles. The monoisotopic (exact) mass is 181 g/mol. The summed E-state index contributed by atoms with van der Waals surface area (Å²) in [4.78, 5) is 0. The summed E-state index contributed by atoms with van der Waals surface area (Å²) in [5.74, 6) is 1.00. The van der Waals surface area contributed by atoms with Crippen molar-refractivity contribution in [2.75, 3.05) is 0 Å². The molecule has 0 bridgehead atoms. The van der Waals surface area contributed by atoms with Gasteiger partial charge in [-0.25, -0.2) is 0 Å². The third kappa shape index (κ3) is 1.76.